The first-order chi connectivity index (χ1) is 14.5. The first kappa shape index (κ1) is 19.1. The predicted octanol–water partition coefficient (Wildman–Crippen LogP) is 3.33. The van der Waals surface area contributed by atoms with Crippen LogP contribution in [0.1, 0.15) is 36.1 Å². The summed E-state index contributed by atoms with van der Waals surface area (Å²) in [6.45, 7) is 2.08. The minimum Gasteiger partial charge on any atom is -0.394 e. The maximum Gasteiger partial charge on any atom is 0.131 e. The molecule has 1 atom stereocenters. The van der Waals surface area contributed by atoms with Crippen LogP contribution in [0, 0.1) is 5.41 Å². The van der Waals surface area contributed by atoms with E-state index in [4.69, 9.17) is 16.6 Å². The Morgan fingerprint density at radius 3 is 2.73 bits per heavy atom. The number of nitrogens with one attached hydrogen (secondary N) is 1. The first-order valence-corrected chi connectivity index (χ1v) is 12.5. The molecule has 2 N–H and O–H groups in total. The van der Waals surface area contributed by atoms with E-state index in [9.17, 15) is 9.32 Å². The van der Waals surface area contributed by atoms with Gasteiger partial charge in [0.2, 0.25) is 0 Å². The summed E-state index contributed by atoms with van der Waals surface area (Å²) in [5, 5.41) is 14.3. The summed E-state index contributed by atoms with van der Waals surface area (Å²) < 4.78 is 12.6. The Bertz CT molecular complexity index is 1060. The van der Waals surface area contributed by atoms with E-state index in [-0.39, 0.29) is 17.6 Å². The minimum atomic E-state index is -1.00. The summed E-state index contributed by atoms with van der Waals surface area (Å²) in [5.74, 6) is 1.62. The Morgan fingerprint density at radius 1 is 1.20 bits per heavy atom. The molecule has 1 aromatic heterocycles. The monoisotopic (exact) mass is 443 g/mol. The van der Waals surface area contributed by atoms with Crippen LogP contribution in [0.25, 0.3) is 0 Å². The van der Waals surface area contributed by atoms with Crippen LogP contribution >= 0.6 is 11.6 Å². The zero-order valence-electron chi connectivity index (χ0n) is 16.9. The van der Waals surface area contributed by atoms with E-state index in [1.54, 1.807) is 0 Å². The van der Waals surface area contributed by atoms with Crippen molar-refractivity contribution in [3.63, 3.8) is 0 Å². The SMILES string of the molecule is O=S1CCc2nc(N3CC4(Cc5ccc(Cl)cc5C4)C3)cc(NC3(CO)CCC3)c21. The molecule has 1 spiro atoms. The summed E-state index contributed by atoms with van der Waals surface area (Å²) in [4.78, 5) is 8.12. The van der Waals surface area contributed by atoms with E-state index in [1.165, 1.54) is 11.1 Å². The standard InChI is InChI=1S/C23H26ClN3O2S/c24-17-3-2-15-10-22(11-16(15)8-17)12-27(13-22)20-9-19(26-23(14-28)5-1-6-23)21-18(25-20)4-7-30(21)29/h2-3,8-9,28H,1,4-7,10-14H2,(H,25,26). The third kappa shape index (κ3) is 2.91. The molecule has 0 bridgehead atoms. The molecule has 2 aromatic rings. The molecule has 5 nitrogen and oxygen atoms in total. The van der Waals surface area contributed by atoms with Gasteiger partial charge in [-0.1, -0.05) is 17.7 Å². The van der Waals surface area contributed by atoms with E-state index in [0.717, 1.165) is 78.7 Å². The van der Waals surface area contributed by atoms with Crippen molar-refractivity contribution in [2.45, 2.75) is 49.0 Å². The Labute approximate surface area is 184 Å². The summed E-state index contributed by atoms with van der Waals surface area (Å²) in [6, 6.07) is 8.36. The van der Waals surface area contributed by atoms with Gasteiger partial charge in [0.05, 0.1) is 39.2 Å². The minimum absolute atomic E-state index is 0.111. The third-order valence-electron chi connectivity index (χ3n) is 7.47. The fourth-order valence-electron chi connectivity index (χ4n) is 5.70. The van der Waals surface area contributed by atoms with Gasteiger partial charge in [-0.15, -0.1) is 0 Å². The molecule has 2 fully saturated rings. The van der Waals surface area contributed by atoms with Gasteiger partial charge >= 0.3 is 0 Å². The molecule has 6 rings (SSSR count). The number of hydrogen-bond acceptors (Lipinski definition) is 5. The van der Waals surface area contributed by atoms with Crippen LogP contribution in [0.2, 0.25) is 5.02 Å². The van der Waals surface area contributed by atoms with Gasteiger partial charge in [0.25, 0.3) is 0 Å². The summed E-state index contributed by atoms with van der Waals surface area (Å²) in [6.07, 6.45) is 5.97. The number of aromatic nitrogens is 1. The highest BCUT2D eigenvalue weighted by atomic mass is 35.5. The van der Waals surface area contributed by atoms with Crippen LogP contribution in [0.3, 0.4) is 0 Å². The second-order valence-electron chi connectivity index (χ2n) is 9.64. The van der Waals surface area contributed by atoms with Crippen molar-refractivity contribution in [3.05, 3.63) is 46.1 Å². The molecule has 4 aliphatic rings. The van der Waals surface area contributed by atoms with Crippen molar-refractivity contribution in [3.8, 4) is 0 Å². The number of aryl methyl sites for hydroxylation is 1. The van der Waals surface area contributed by atoms with Crippen molar-refractivity contribution in [1.29, 1.82) is 0 Å². The van der Waals surface area contributed by atoms with Gasteiger partial charge in [0.15, 0.2) is 0 Å². The van der Waals surface area contributed by atoms with Crippen LogP contribution < -0.4 is 10.2 Å². The number of benzene rings is 1. The highest BCUT2D eigenvalue weighted by Crippen LogP contribution is 2.47. The maximum atomic E-state index is 12.6. The Hall–Kier alpha value is -1.63. The average molecular weight is 444 g/mol. The van der Waals surface area contributed by atoms with E-state index in [2.05, 4.69) is 28.4 Å². The summed E-state index contributed by atoms with van der Waals surface area (Å²) in [7, 11) is -1.00. The molecule has 1 aromatic carbocycles. The molecule has 1 saturated heterocycles. The fourth-order valence-corrected chi connectivity index (χ4v) is 7.25. The van der Waals surface area contributed by atoms with Crippen LogP contribution in [0.5, 0.6) is 0 Å². The zero-order valence-corrected chi connectivity index (χ0v) is 18.5. The molecule has 7 heteroatoms. The van der Waals surface area contributed by atoms with E-state index >= 15 is 0 Å². The van der Waals surface area contributed by atoms with Crippen LogP contribution in [-0.4, -0.2) is 45.3 Å². The van der Waals surface area contributed by atoms with Crippen molar-refractivity contribution in [1.82, 2.24) is 4.98 Å². The second-order valence-corrected chi connectivity index (χ2v) is 11.6. The third-order valence-corrected chi connectivity index (χ3v) is 9.19. The maximum absolute atomic E-state index is 12.6. The number of nitrogens with zero attached hydrogens (tertiary/aromatic N) is 2. The molecule has 2 aliphatic carbocycles. The van der Waals surface area contributed by atoms with Gasteiger partial charge in [-0.3, -0.25) is 4.21 Å². The van der Waals surface area contributed by atoms with Gasteiger partial charge in [-0.05, 0) is 55.4 Å². The topological polar surface area (TPSA) is 65.5 Å². The molecule has 0 amide bonds. The van der Waals surface area contributed by atoms with Crippen LogP contribution in [-0.2, 0) is 30.1 Å². The number of halogens is 1. The number of anilines is 2. The lowest BCUT2D eigenvalue weighted by molar-refractivity contribution is 0.144. The van der Waals surface area contributed by atoms with Crippen LogP contribution in [0.15, 0.2) is 29.2 Å². The molecule has 0 radical (unpaired) electrons. The lowest BCUT2D eigenvalue weighted by Gasteiger charge is -2.49. The number of pyridine rings is 1. The second kappa shape index (κ2) is 6.68. The largest absolute Gasteiger partial charge is 0.394 e. The van der Waals surface area contributed by atoms with E-state index in [0.29, 0.717) is 5.75 Å². The Balaban J connectivity index is 1.27. The first-order valence-electron chi connectivity index (χ1n) is 10.8. The highest BCUT2D eigenvalue weighted by Gasteiger charge is 2.48. The van der Waals surface area contributed by atoms with Crippen molar-refractivity contribution >= 4 is 33.9 Å². The van der Waals surface area contributed by atoms with Crippen molar-refractivity contribution < 1.29 is 9.32 Å². The fraction of sp³-hybridized carbons (Fsp3) is 0.522. The van der Waals surface area contributed by atoms with Gasteiger partial charge in [-0.25, -0.2) is 4.98 Å². The molecule has 158 valence electrons. The van der Waals surface area contributed by atoms with Gasteiger partial charge in [0, 0.05) is 41.8 Å². The average Bonchev–Trinajstić information content (AvgIpc) is 3.24. The quantitative estimate of drug-likeness (QED) is 0.758. The smallest absolute Gasteiger partial charge is 0.131 e. The molecule has 1 unspecified atom stereocenters. The molecule has 2 aliphatic heterocycles. The number of aliphatic hydroxyl groups excluding tert-OH is 1. The molecular formula is C23H26ClN3O2S. The molecule has 1 saturated carbocycles. The van der Waals surface area contributed by atoms with Gasteiger partial charge < -0.3 is 15.3 Å². The molecule has 3 heterocycles. The van der Waals surface area contributed by atoms with Gasteiger partial charge in [-0.2, -0.15) is 0 Å². The molecular weight excluding hydrogens is 418 g/mol. The van der Waals surface area contributed by atoms with Crippen molar-refractivity contribution in [2.75, 3.05) is 35.7 Å². The summed E-state index contributed by atoms with van der Waals surface area (Å²) in [5.41, 5.74) is 4.71. The van der Waals surface area contributed by atoms with E-state index < -0.39 is 10.8 Å². The lowest BCUT2D eigenvalue weighted by Crippen LogP contribution is -2.57. The number of hydrogen-bond donors (Lipinski definition) is 2. The van der Waals surface area contributed by atoms with Gasteiger partial charge in [0.1, 0.15) is 5.82 Å². The number of rotatable bonds is 4. The predicted molar refractivity (Wildman–Crippen MR) is 120 cm³/mol. The lowest BCUT2D eigenvalue weighted by atomic mass is 9.76. The normalized spacial score (nSPS) is 24.9. The highest BCUT2D eigenvalue weighted by molar-refractivity contribution is 7.85. The Morgan fingerprint density at radius 2 is 2.00 bits per heavy atom. The number of aliphatic hydroxyl groups is 1. The van der Waals surface area contributed by atoms with Crippen molar-refractivity contribution in [2.24, 2.45) is 5.41 Å². The molecule has 30 heavy (non-hydrogen) atoms. The number of fused-ring (bicyclic) bond motifs is 2. The van der Waals surface area contributed by atoms with E-state index in [1.807, 2.05) is 6.07 Å². The zero-order chi connectivity index (χ0) is 20.5. The van der Waals surface area contributed by atoms with Crippen LogP contribution in [0.4, 0.5) is 11.5 Å². The summed E-state index contributed by atoms with van der Waals surface area (Å²) >= 11 is 6.20. The Kier molecular flexibility index (Phi) is 4.25.